The summed E-state index contributed by atoms with van der Waals surface area (Å²) in [7, 11) is 0. The van der Waals surface area contributed by atoms with E-state index in [1.807, 2.05) is 12.1 Å². The van der Waals surface area contributed by atoms with Crippen LogP contribution in [0.1, 0.15) is 4.88 Å². The molecule has 0 aliphatic rings. The highest BCUT2D eigenvalue weighted by Crippen LogP contribution is 2.28. The molecular formula is C11H8BrClN4S. The summed E-state index contributed by atoms with van der Waals surface area (Å²) in [4.78, 5) is 5.10. The van der Waals surface area contributed by atoms with Crippen LogP contribution in [-0.2, 0) is 6.54 Å². The molecule has 18 heavy (non-hydrogen) atoms. The van der Waals surface area contributed by atoms with Gasteiger partial charge in [-0.3, -0.25) is 5.10 Å². The highest BCUT2D eigenvalue weighted by molar-refractivity contribution is 9.10. The number of anilines is 1. The van der Waals surface area contributed by atoms with Crippen molar-refractivity contribution in [3.63, 3.8) is 0 Å². The van der Waals surface area contributed by atoms with Crippen molar-refractivity contribution in [2.24, 2.45) is 0 Å². The van der Waals surface area contributed by atoms with Gasteiger partial charge in [0.2, 0.25) is 0 Å². The number of hydrogen-bond donors (Lipinski definition) is 2. The summed E-state index contributed by atoms with van der Waals surface area (Å²) in [6.07, 6.45) is 3.58. The Kier molecular flexibility index (Phi) is 3.23. The predicted molar refractivity (Wildman–Crippen MR) is 78.2 cm³/mol. The minimum absolute atomic E-state index is 0.565. The Labute approximate surface area is 121 Å². The Morgan fingerprint density at radius 1 is 1.39 bits per heavy atom. The van der Waals surface area contributed by atoms with Crippen molar-refractivity contribution in [1.29, 1.82) is 0 Å². The molecule has 0 saturated carbocycles. The number of hydrogen-bond acceptors (Lipinski definition) is 4. The van der Waals surface area contributed by atoms with Gasteiger partial charge in [-0.05, 0) is 28.1 Å². The first-order chi connectivity index (χ1) is 8.72. The molecular weight excluding hydrogens is 336 g/mol. The lowest BCUT2D eigenvalue weighted by atomic mass is 10.2. The molecule has 0 aliphatic carbocycles. The summed E-state index contributed by atoms with van der Waals surface area (Å²) in [5, 5.41) is 11.4. The minimum atomic E-state index is 0.565. The molecule has 1 aromatic carbocycles. The second-order valence-corrected chi connectivity index (χ2v) is 6.27. The van der Waals surface area contributed by atoms with E-state index in [1.54, 1.807) is 12.4 Å². The fourth-order valence-corrected chi connectivity index (χ4v) is 3.07. The number of aromatic nitrogens is 3. The van der Waals surface area contributed by atoms with Gasteiger partial charge in [0.25, 0.3) is 0 Å². The maximum atomic E-state index is 5.79. The largest absolute Gasteiger partial charge is 0.379 e. The van der Waals surface area contributed by atoms with Crippen molar-refractivity contribution in [2.75, 3.05) is 5.32 Å². The smallest absolute Gasteiger partial charge is 0.183 e. The Hall–Kier alpha value is -1.11. The topological polar surface area (TPSA) is 53.6 Å². The van der Waals surface area contributed by atoms with Crippen molar-refractivity contribution in [3.8, 4) is 0 Å². The molecule has 7 heteroatoms. The van der Waals surface area contributed by atoms with Crippen molar-refractivity contribution in [2.45, 2.75) is 6.54 Å². The standard InChI is InChI=1S/C11H8BrClN4S/c12-8-1-6-3-16-17-9(6)2-10(8)14-4-7-5-15-11(13)18-7/h1-3,5,14H,4H2,(H,16,17). The van der Waals surface area contributed by atoms with Crippen LogP contribution in [0.15, 0.2) is 29.0 Å². The molecule has 0 amide bonds. The number of rotatable bonds is 3. The van der Waals surface area contributed by atoms with Gasteiger partial charge < -0.3 is 5.32 Å². The van der Waals surface area contributed by atoms with Crippen LogP contribution in [0.25, 0.3) is 10.9 Å². The van der Waals surface area contributed by atoms with E-state index in [2.05, 4.69) is 36.4 Å². The van der Waals surface area contributed by atoms with Gasteiger partial charge >= 0.3 is 0 Å². The maximum absolute atomic E-state index is 5.79. The van der Waals surface area contributed by atoms with Gasteiger partial charge in [0.05, 0.1) is 23.9 Å². The zero-order valence-corrected chi connectivity index (χ0v) is 12.2. The minimum Gasteiger partial charge on any atom is -0.379 e. The molecule has 0 spiro atoms. The van der Waals surface area contributed by atoms with Crippen molar-refractivity contribution in [3.05, 3.63) is 38.3 Å². The zero-order valence-electron chi connectivity index (χ0n) is 9.08. The Morgan fingerprint density at radius 2 is 2.28 bits per heavy atom. The van der Waals surface area contributed by atoms with E-state index in [4.69, 9.17) is 11.6 Å². The first-order valence-electron chi connectivity index (χ1n) is 5.19. The van der Waals surface area contributed by atoms with E-state index in [0.717, 1.165) is 25.9 Å². The summed E-state index contributed by atoms with van der Waals surface area (Å²) < 4.78 is 1.57. The molecule has 2 N–H and O–H groups in total. The van der Waals surface area contributed by atoms with Gasteiger partial charge in [-0.15, -0.1) is 11.3 Å². The van der Waals surface area contributed by atoms with E-state index >= 15 is 0 Å². The average molecular weight is 344 g/mol. The monoisotopic (exact) mass is 342 g/mol. The maximum Gasteiger partial charge on any atom is 0.183 e. The summed E-state index contributed by atoms with van der Waals surface area (Å²) >= 11 is 10.8. The van der Waals surface area contributed by atoms with Gasteiger partial charge in [0.15, 0.2) is 4.47 Å². The second kappa shape index (κ2) is 4.87. The van der Waals surface area contributed by atoms with Crippen LogP contribution in [0.5, 0.6) is 0 Å². The molecule has 0 radical (unpaired) electrons. The second-order valence-electron chi connectivity index (χ2n) is 3.72. The lowest BCUT2D eigenvalue weighted by Gasteiger charge is -2.07. The fourth-order valence-electron chi connectivity index (χ4n) is 1.65. The zero-order chi connectivity index (χ0) is 12.5. The highest BCUT2D eigenvalue weighted by Gasteiger charge is 2.05. The Balaban J connectivity index is 1.83. The molecule has 2 aromatic heterocycles. The fraction of sp³-hybridized carbons (Fsp3) is 0.0909. The summed E-state index contributed by atoms with van der Waals surface area (Å²) in [6.45, 7) is 0.697. The first kappa shape index (κ1) is 12.0. The van der Waals surface area contributed by atoms with Gasteiger partial charge in [-0.2, -0.15) is 5.10 Å². The highest BCUT2D eigenvalue weighted by atomic mass is 79.9. The third-order valence-corrected chi connectivity index (χ3v) is 4.28. The van der Waals surface area contributed by atoms with E-state index < -0.39 is 0 Å². The van der Waals surface area contributed by atoms with Crippen molar-refractivity contribution in [1.82, 2.24) is 15.2 Å². The van der Waals surface area contributed by atoms with E-state index in [9.17, 15) is 0 Å². The van der Waals surface area contributed by atoms with E-state index in [1.165, 1.54) is 11.3 Å². The Morgan fingerprint density at radius 3 is 3.06 bits per heavy atom. The lowest BCUT2D eigenvalue weighted by Crippen LogP contribution is -1.98. The molecule has 3 rings (SSSR count). The number of benzene rings is 1. The summed E-state index contributed by atoms with van der Waals surface area (Å²) in [5.41, 5.74) is 2.01. The van der Waals surface area contributed by atoms with E-state index in [0.29, 0.717) is 11.0 Å². The molecule has 3 aromatic rings. The molecule has 0 fully saturated rings. The van der Waals surface area contributed by atoms with Crippen LogP contribution in [0.3, 0.4) is 0 Å². The predicted octanol–water partition coefficient (Wildman–Crippen LogP) is 4.05. The van der Waals surface area contributed by atoms with Crippen LogP contribution in [0.4, 0.5) is 5.69 Å². The number of aromatic amines is 1. The molecule has 92 valence electrons. The summed E-state index contributed by atoms with van der Waals surface area (Å²) in [6, 6.07) is 4.05. The number of nitrogens with one attached hydrogen (secondary N) is 2. The third kappa shape index (κ3) is 2.36. The number of H-pyrrole nitrogens is 1. The molecule has 4 nitrogen and oxygen atoms in total. The van der Waals surface area contributed by atoms with Crippen molar-refractivity contribution < 1.29 is 0 Å². The quantitative estimate of drug-likeness (QED) is 0.754. The third-order valence-electron chi connectivity index (χ3n) is 2.51. The molecule has 0 bridgehead atoms. The van der Waals surface area contributed by atoms with Crippen LogP contribution < -0.4 is 5.32 Å². The molecule has 2 heterocycles. The van der Waals surface area contributed by atoms with Crippen LogP contribution in [-0.4, -0.2) is 15.2 Å². The van der Waals surface area contributed by atoms with Crippen LogP contribution in [0.2, 0.25) is 4.47 Å². The summed E-state index contributed by atoms with van der Waals surface area (Å²) in [5.74, 6) is 0. The van der Waals surface area contributed by atoms with Gasteiger partial charge in [0.1, 0.15) is 0 Å². The first-order valence-corrected chi connectivity index (χ1v) is 7.18. The average Bonchev–Trinajstić information content (AvgIpc) is 2.94. The Bertz CT molecular complexity index is 693. The number of fused-ring (bicyclic) bond motifs is 1. The normalized spacial score (nSPS) is 11.0. The van der Waals surface area contributed by atoms with Crippen LogP contribution >= 0.6 is 38.9 Å². The molecule has 0 aliphatic heterocycles. The lowest BCUT2D eigenvalue weighted by molar-refractivity contribution is 1.12. The SMILES string of the molecule is Clc1ncc(CNc2cc3[nH]ncc3cc2Br)s1. The van der Waals surface area contributed by atoms with Gasteiger partial charge in [0, 0.05) is 20.9 Å². The van der Waals surface area contributed by atoms with Crippen molar-refractivity contribution >= 4 is 55.5 Å². The molecule has 0 unspecified atom stereocenters. The number of nitrogens with zero attached hydrogens (tertiary/aromatic N) is 2. The van der Waals surface area contributed by atoms with Gasteiger partial charge in [-0.1, -0.05) is 11.6 Å². The van der Waals surface area contributed by atoms with E-state index in [-0.39, 0.29) is 0 Å². The number of thiazole rings is 1. The van der Waals surface area contributed by atoms with Crippen LogP contribution in [0, 0.1) is 0 Å². The van der Waals surface area contributed by atoms with Gasteiger partial charge in [-0.25, -0.2) is 4.98 Å². The molecule has 0 atom stereocenters. The number of halogens is 2. The molecule has 0 saturated heterocycles.